The van der Waals surface area contributed by atoms with Crippen LogP contribution in [0, 0.1) is 0 Å². The van der Waals surface area contributed by atoms with E-state index in [0.717, 1.165) is 0 Å². The number of rotatable bonds is 2. The largest absolute Gasteiger partial charge is 0.398 e. The molecule has 1 aliphatic heterocycles. The molecule has 0 bridgehead atoms. The Labute approximate surface area is 108 Å². The molecule has 2 rings (SSSR count). The first-order valence-electron chi connectivity index (χ1n) is 5.00. The Morgan fingerprint density at radius 3 is 2.53 bits per heavy atom. The molecule has 0 spiro atoms. The Bertz CT molecular complexity index is 549. The summed E-state index contributed by atoms with van der Waals surface area (Å²) in [7, 11) is -3.54. The van der Waals surface area contributed by atoms with Crippen LogP contribution in [-0.2, 0) is 10.0 Å². The second-order valence-electron chi connectivity index (χ2n) is 4.45. The van der Waals surface area contributed by atoms with Crippen LogP contribution < -0.4 is 5.73 Å². The first kappa shape index (κ1) is 12.8. The van der Waals surface area contributed by atoms with Crippen molar-refractivity contribution in [1.82, 2.24) is 4.31 Å². The molecule has 3 N–H and O–H groups in total. The van der Waals surface area contributed by atoms with Crippen molar-refractivity contribution in [3.8, 4) is 0 Å². The molecule has 5 nitrogen and oxygen atoms in total. The second-order valence-corrected chi connectivity index (χ2v) is 7.25. The van der Waals surface area contributed by atoms with Crippen molar-refractivity contribution in [1.29, 1.82) is 0 Å². The third-order valence-corrected chi connectivity index (χ3v) is 5.15. The van der Waals surface area contributed by atoms with E-state index >= 15 is 0 Å². The fourth-order valence-electron chi connectivity index (χ4n) is 1.71. The van der Waals surface area contributed by atoms with Gasteiger partial charge in [-0.15, -0.1) is 0 Å². The minimum absolute atomic E-state index is 0.116. The van der Waals surface area contributed by atoms with E-state index in [1.165, 1.54) is 16.4 Å². The lowest BCUT2D eigenvalue weighted by Gasteiger charge is -2.42. The normalized spacial score (nSPS) is 19.9. The zero-order valence-corrected chi connectivity index (χ0v) is 11.6. The van der Waals surface area contributed by atoms with E-state index in [1.807, 2.05) is 0 Å². The third-order valence-electron chi connectivity index (χ3n) is 2.64. The summed E-state index contributed by atoms with van der Waals surface area (Å²) in [6.07, 6.45) is 0. The zero-order valence-electron chi connectivity index (χ0n) is 9.22. The average molecular weight is 321 g/mol. The van der Waals surface area contributed by atoms with E-state index in [2.05, 4.69) is 15.9 Å². The number of halogens is 1. The van der Waals surface area contributed by atoms with E-state index in [1.54, 1.807) is 13.0 Å². The lowest BCUT2D eigenvalue weighted by atomic mass is 10.0. The molecule has 1 aromatic rings. The van der Waals surface area contributed by atoms with Crippen molar-refractivity contribution in [2.24, 2.45) is 0 Å². The van der Waals surface area contributed by atoms with Gasteiger partial charge < -0.3 is 10.8 Å². The van der Waals surface area contributed by atoms with Crippen molar-refractivity contribution < 1.29 is 13.5 Å². The van der Waals surface area contributed by atoms with Gasteiger partial charge in [-0.3, -0.25) is 0 Å². The fraction of sp³-hybridized carbons (Fsp3) is 0.400. The predicted octanol–water partition coefficient (Wildman–Crippen LogP) is 0.787. The van der Waals surface area contributed by atoms with Crippen molar-refractivity contribution in [3.05, 3.63) is 22.7 Å². The van der Waals surface area contributed by atoms with Crippen LogP contribution in [0.5, 0.6) is 0 Å². The van der Waals surface area contributed by atoms with Gasteiger partial charge in [-0.25, -0.2) is 8.42 Å². The number of anilines is 1. The number of nitrogens with zero attached hydrogens (tertiary/aromatic N) is 1. The van der Waals surface area contributed by atoms with Crippen LogP contribution >= 0.6 is 15.9 Å². The summed E-state index contributed by atoms with van der Waals surface area (Å²) in [6, 6.07) is 4.50. The van der Waals surface area contributed by atoms with Gasteiger partial charge in [0.2, 0.25) is 10.0 Å². The summed E-state index contributed by atoms with van der Waals surface area (Å²) in [6.45, 7) is 1.84. The van der Waals surface area contributed by atoms with Gasteiger partial charge in [0, 0.05) is 23.2 Å². The monoisotopic (exact) mass is 320 g/mol. The number of hydrogen-bond acceptors (Lipinski definition) is 4. The van der Waals surface area contributed by atoms with Gasteiger partial charge in [0.25, 0.3) is 0 Å². The molecule has 1 saturated heterocycles. The molecule has 1 fully saturated rings. The molecule has 0 radical (unpaired) electrons. The molecule has 94 valence electrons. The number of nitrogens with two attached hydrogens (primary N) is 1. The van der Waals surface area contributed by atoms with Crippen LogP contribution in [-0.4, -0.2) is 36.5 Å². The molecule has 1 aromatic carbocycles. The molecule has 0 amide bonds. The molecular formula is C10H13BrN2O3S. The number of hydrogen-bond donors (Lipinski definition) is 2. The predicted molar refractivity (Wildman–Crippen MR) is 67.9 cm³/mol. The van der Waals surface area contributed by atoms with E-state index < -0.39 is 15.6 Å². The van der Waals surface area contributed by atoms with Crippen molar-refractivity contribution in [2.75, 3.05) is 18.8 Å². The molecule has 0 unspecified atom stereocenters. The molecule has 7 heteroatoms. The zero-order chi connectivity index (χ0) is 12.8. The van der Waals surface area contributed by atoms with E-state index in [0.29, 0.717) is 10.2 Å². The van der Waals surface area contributed by atoms with E-state index in [9.17, 15) is 13.5 Å². The van der Waals surface area contributed by atoms with Gasteiger partial charge in [-0.2, -0.15) is 4.31 Å². The maximum atomic E-state index is 12.1. The van der Waals surface area contributed by atoms with Crippen LogP contribution in [0.25, 0.3) is 0 Å². The summed E-state index contributed by atoms with van der Waals surface area (Å²) < 4.78 is 26.1. The summed E-state index contributed by atoms with van der Waals surface area (Å²) in [5.41, 5.74) is 5.10. The first-order valence-corrected chi connectivity index (χ1v) is 7.23. The smallest absolute Gasteiger partial charge is 0.243 e. The highest BCUT2D eigenvalue weighted by molar-refractivity contribution is 9.10. The number of benzene rings is 1. The molecule has 1 aliphatic rings. The SMILES string of the molecule is CC1(O)CN(S(=O)(=O)c2ccc(Br)c(N)c2)C1. The van der Waals surface area contributed by atoms with E-state index in [4.69, 9.17) is 5.73 Å². The lowest BCUT2D eigenvalue weighted by molar-refractivity contribution is -0.0426. The highest BCUT2D eigenvalue weighted by Crippen LogP contribution is 2.30. The molecule has 0 atom stereocenters. The van der Waals surface area contributed by atoms with Gasteiger partial charge in [0.15, 0.2) is 0 Å². The summed E-state index contributed by atoms with van der Waals surface area (Å²) in [5, 5.41) is 9.55. The van der Waals surface area contributed by atoms with Gasteiger partial charge in [-0.1, -0.05) is 0 Å². The van der Waals surface area contributed by atoms with Crippen LogP contribution in [0.2, 0.25) is 0 Å². The number of β-amino-alcohol motifs (C(OH)–C–C–N with tert-alkyl or cyclic N) is 1. The Hall–Kier alpha value is -0.630. The molecule has 0 aromatic heterocycles. The number of nitrogen functional groups attached to an aromatic ring is 1. The summed E-state index contributed by atoms with van der Waals surface area (Å²) in [5.74, 6) is 0. The molecule has 1 heterocycles. The fourth-order valence-corrected chi connectivity index (χ4v) is 3.67. The average Bonchev–Trinajstić information content (AvgIpc) is 2.18. The minimum Gasteiger partial charge on any atom is -0.398 e. The maximum Gasteiger partial charge on any atom is 0.243 e. The maximum absolute atomic E-state index is 12.1. The highest BCUT2D eigenvalue weighted by Gasteiger charge is 2.43. The van der Waals surface area contributed by atoms with Crippen LogP contribution in [0.15, 0.2) is 27.6 Å². The summed E-state index contributed by atoms with van der Waals surface area (Å²) >= 11 is 3.21. The lowest BCUT2D eigenvalue weighted by Crippen LogP contribution is -2.61. The second kappa shape index (κ2) is 3.94. The Balaban J connectivity index is 2.30. The molecule has 0 aliphatic carbocycles. The van der Waals surface area contributed by atoms with E-state index in [-0.39, 0.29) is 18.0 Å². The van der Waals surface area contributed by atoms with Crippen molar-refractivity contribution >= 4 is 31.6 Å². The molecule has 0 saturated carbocycles. The van der Waals surface area contributed by atoms with Crippen LogP contribution in [0.3, 0.4) is 0 Å². The first-order chi connectivity index (χ1) is 7.72. The number of aliphatic hydroxyl groups is 1. The third kappa shape index (κ3) is 2.33. The number of sulfonamides is 1. The highest BCUT2D eigenvalue weighted by atomic mass is 79.9. The van der Waals surface area contributed by atoms with Crippen LogP contribution in [0.1, 0.15) is 6.92 Å². The topological polar surface area (TPSA) is 83.6 Å². The van der Waals surface area contributed by atoms with Crippen LogP contribution in [0.4, 0.5) is 5.69 Å². The van der Waals surface area contributed by atoms with Crippen molar-refractivity contribution in [3.63, 3.8) is 0 Å². The molecule has 17 heavy (non-hydrogen) atoms. The van der Waals surface area contributed by atoms with Gasteiger partial charge in [0.05, 0.1) is 10.5 Å². The standard InChI is InChI=1S/C10H13BrN2O3S/c1-10(14)5-13(6-10)17(15,16)7-2-3-8(11)9(12)4-7/h2-4,14H,5-6,12H2,1H3. The van der Waals surface area contributed by atoms with Gasteiger partial charge in [0.1, 0.15) is 0 Å². The Morgan fingerprint density at radius 2 is 2.06 bits per heavy atom. The quantitative estimate of drug-likeness (QED) is 0.789. The van der Waals surface area contributed by atoms with Gasteiger partial charge in [-0.05, 0) is 41.1 Å². The minimum atomic E-state index is -3.54. The van der Waals surface area contributed by atoms with Crippen molar-refractivity contribution in [2.45, 2.75) is 17.4 Å². The Morgan fingerprint density at radius 1 is 1.47 bits per heavy atom. The Kier molecular flexibility index (Phi) is 2.97. The van der Waals surface area contributed by atoms with Gasteiger partial charge >= 0.3 is 0 Å². The summed E-state index contributed by atoms with van der Waals surface area (Å²) in [4.78, 5) is 0.147. The molecular weight excluding hydrogens is 308 g/mol.